The van der Waals surface area contributed by atoms with E-state index in [1.165, 1.54) is 5.56 Å². The van der Waals surface area contributed by atoms with Crippen molar-refractivity contribution in [3.63, 3.8) is 0 Å². The number of urea groups is 1. The summed E-state index contributed by atoms with van der Waals surface area (Å²) in [6.07, 6.45) is 7.03. The second kappa shape index (κ2) is 7.22. The standard InChI is InChI=1S/C15H19N5OS/c21-15(19-7-6-18-14-10-16-4-5-17-14)20-8-1-2-13(20)12-3-9-22-11-12/h3-5,9-11,13H,1-2,6-8H2,(H,17,18)(H,19,21)/t13-/m1/s1. The first-order chi connectivity index (χ1) is 10.8. The van der Waals surface area contributed by atoms with E-state index in [4.69, 9.17) is 0 Å². The van der Waals surface area contributed by atoms with Gasteiger partial charge in [0.25, 0.3) is 0 Å². The van der Waals surface area contributed by atoms with Crippen molar-refractivity contribution in [3.8, 4) is 0 Å². The van der Waals surface area contributed by atoms with Crippen LogP contribution in [-0.4, -0.2) is 40.5 Å². The normalized spacial score (nSPS) is 17.5. The Morgan fingerprint density at radius 3 is 3.14 bits per heavy atom. The smallest absolute Gasteiger partial charge is 0.317 e. The largest absolute Gasteiger partial charge is 0.367 e. The molecule has 2 aromatic rings. The van der Waals surface area contributed by atoms with Gasteiger partial charge in [-0.1, -0.05) is 0 Å². The lowest BCUT2D eigenvalue weighted by atomic mass is 10.1. The van der Waals surface area contributed by atoms with Gasteiger partial charge >= 0.3 is 6.03 Å². The van der Waals surface area contributed by atoms with Gasteiger partial charge in [0.1, 0.15) is 5.82 Å². The van der Waals surface area contributed by atoms with Gasteiger partial charge in [-0.3, -0.25) is 4.98 Å². The monoisotopic (exact) mass is 317 g/mol. The minimum Gasteiger partial charge on any atom is -0.367 e. The van der Waals surface area contributed by atoms with E-state index >= 15 is 0 Å². The highest BCUT2D eigenvalue weighted by Crippen LogP contribution is 2.32. The molecule has 0 aromatic carbocycles. The van der Waals surface area contributed by atoms with Crippen LogP contribution in [0.2, 0.25) is 0 Å². The van der Waals surface area contributed by atoms with E-state index in [2.05, 4.69) is 37.4 Å². The average molecular weight is 317 g/mol. The average Bonchev–Trinajstić information content (AvgIpc) is 3.22. The molecule has 6 nitrogen and oxygen atoms in total. The van der Waals surface area contributed by atoms with E-state index in [0.717, 1.165) is 19.4 Å². The van der Waals surface area contributed by atoms with Crippen LogP contribution in [0.1, 0.15) is 24.4 Å². The van der Waals surface area contributed by atoms with Crippen molar-refractivity contribution in [2.45, 2.75) is 18.9 Å². The number of hydrogen-bond acceptors (Lipinski definition) is 5. The van der Waals surface area contributed by atoms with E-state index in [1.807, 2.05) is 4.90 Å². The number of hydrogen-bond donors (Lipinski definition) is 2. The van der Waals surface area contributed by atoms with Gasteiger partial charge in [-0.25, -0.2) is 9.78 Å². The van der Waals surface area contributed by atoms with Crippen LogP contribution in [0, 0.1) is 0 Å². The lowest BCUT2D eigenvalue weighted by Gasteiger charge is -2.24. The molecule has 1 aliphatic rings. The van der Waals surface area contributed by atoms with Crippen molar-refractivity contribution in [1.82, 2.24) is 20.2 Å². The Morgan fingerprint density at radius 2 is 2.36 bits per heavy atom. The van der Waals surface area contributed by atoms with Crippen LogP contribution in [0.4, 0.5) is 10.6 Å². The van der Waals surface area contributed by atoms with Crippen LogP contribution in [0.25, 0.3) is 0 Å². The molecular formula is C15H19N5OS. The summed E-state index contributed by atoms with van der Waals surface area (Å²) < 4.78 is 0. The van der Waals surface area contributed by atoms with Gasteiger partial charge in [-0.05, 0) is 35.2 Å². The molecule has 22 heavy (non-hydrogen) atoms. The Bertz CT molecular complexity index is 589. The number of amides is 2. The Morgan fingerprint density at radius 1 is 1.41 bits per heavy atom. The third-order valence-corrected chi connectivity index (χ3v) is 4.41. The summed E-state index contributed by atoms with van der Waals surface area (Å²) in [6.45, 7) is 2.01. The fourth-order valence-corrected chi connectivity index (χ4v) is 3.38. The molecule has 3 rings (SSSR count). The predicted molar refractivity (Wildman–Crippen MR) is 86.9 cm³/mol. The highest BCUT2D eigenvalue weighted by molar-refractivity contribution is 7.07. The molecule has 1 saturated heterocycles. The quantitative estimate of drug-likeness (QED) is 0.831. The second-order valence-corrected chi connectivity index (χ2v) is 5.94. The number of likely N-dealkylation sites (tertiary alicyclic amines) is 1. The summed E-state index contributed by atoms with van der Waals surface area (Å²) in [6, 6.07) is 2.34. The van der Waals surface area contributed by atoms with Crippen LogP contribution in [-0.2, 0) is 0 Å². The van der Waals surface area contributed by atoms with Crippen LogP contribution in [0.5, 0.6) is 0 Å². The maximum atomic E-state index is 12.3. The van der Waals surface area contributed by atoms with Crippen molar-refractivity contribution < 1.29 is 4.79 Å². The summed E-state index contributed by atoms with van der Waals surface area (Å²) >= 11 is 1.68. The molecule has 0 radical (unpaired) electrons. The molecule has 1 aliphatic heterocycles. The van der Waals surface area contributed by atoms with Crippen molar-refractivity contribution in [2.24, 2.45) is 0 Å². The third-order valence-electron chi connectivity index (χ3n) is 3.71. The van der Waals surface area contributed by atoms with Crippen LogP contribution in [0.15, 0.2) is 35.4 Å². The molecule has 0 bridgehead atoms. The Hall–Kier alpha value is -2.15. The highest BCUT2D eigenvalue weighted by Gasteiger charge is 2.29. The number of rotatable bonds is 5. The van der Waals surface area contributed by atoms with Crippen LogP contribution < -0.4 is 10.6 Å². The van der Waals surface area contributed by atoms with Crippen LogP contribution in [0.3, 0.4) is 0 Å². The van der Waals surface area contributed by atoms with Crippen molar-refractivity contribution in [2.75, 3.05) is 25.0 Å². The summed E-state index contributed by atoms with van der Waals surface area (Å²) in [5.41, 5.74) is 1.25. The molecule has 0 unspecified atom stereocenters. The van der Waals surface area contributed by atoms with Gasteiger partial charge in [0.05, 0.1) is 12.2 Å². The number of carbonyl (C=O) groups excluding carboxylic acids is 1. The summed E-state index contributed by atoms with van der Waals surface area (Å²) in [5, 5.41) is 10.3. The van der Waals surface area contributed by atoms with E-state index in [9.17, 15) is 4.79 Å². The zero-order chi connectivity index (χ0) is 15.2. The molecule has 0 spiro atoms. The molecule has 1 fully saturated rings. The summed E-state index contributed by atoms with van der Waals surface area (Å²) in [5.74, 6) is 0.717. The predicted octanol–water partition coefficient (Wildman–Crippen LogP) is 2.50. The number of nitrogens with one attached hydrogen (secondary N) is 2. The summed E-state index contributed by atoms with van der Waals surface area (Å²) in [7, 11) is 0. The molecule has 0 aliphatic carbocycles. The SMILES string of the molecule is O=C(NCCNc1cnccn1)N1CCC[C@@H]1c1ccsc1. The van der Waals surface area contributed by atoms with Crippen molar-refractivity contribution in [3.05, 3.63) is 41.0 Å². The zero-order valence-electron chi connectivity index (χ0n) is 12.2. The van der Waals surface area contributed by atoms with Crippen molar-refractivity contribution >= 4 is 23.2 Å². The molecular weight excluding hydrogens is 298 g/mol. The molecule has 2 amide bonds. The first-order valence-corrected chi connectivity index (χ1v) is 8.35. The van der Waals surface area contributed by atoms with Gasteiger partial charge in [0.15, 0.2) is 0 Å². The second-order valence-electron chi connectivity index (χ2n) is 5.16. The molecule has 0 saturated carbocycles. The molecule has 7 heteroatoms. The number of carbonyl (C=O) groups is 1. The highest BCUT2D eigenvalue weighted by atomic mass is 32.1. The first kappa shape index (κ1) is 14.8. The van der Waals surface area contributed by atoms with E-state index < -0.39 is 0 Å². The number of nitrogens with zero attached hydrogens (tertiary/aromatic N) is 3. The molecule has 116 valence electrons. The lowest BCUT2D eigenvalue weighted by Crippen LogP contribution is -2.41. The maximum absolute atomic E-state index is 12.3. The topological polar surface area (TPSA) is 70.1 Å². The molecule has 2 N–H and O–H groups in total. The van der Waals surface area contributed by atoms with Crippen molar-refractivity contribution in [1.29, 1.82) is 0 Å². The Balaban J connectivity index is 1.45. The minimum absolute atomic E-state index is 0.00893. The molecule has 3 heterocycles. The van der Waals surface area contributed by atoms with Gasteiger partial charge in [0, 0.05) is 32.0 Å². The fourth-order valence-electron chi connectivity index (χ4n) is 2.67. The lowest BCUT2D eigenvalue weighted by molar-refractivity contribution is 0.193. The zero-order valence-corrected chi connectivity index (χ0v) is 13.1. The fraction of sp³-hybridized carbons (Fsp3) is 0.400. The maximum Gasteiger partial charge on any atom is 0.317 e. The van der Waals surface area contributed by atoms with E-state index in [0.29, 0.717) is 18.9 Å². The third kappa shape index (κ3) is 3.54. The summed E-state index contributed by atoms with van der Waals surface area (Å²) in [4.78, 5) is 22.4. The molecule has 1 atom stereocenters. The van der Waals surface area contributed by atoms with Gasteiger partial charge in [-0.15, -0.1) is 0 Å². The van der Waals surface area contributed by atoms with E-state index in [-0.39, 0.29) is 12.1 Å². The number of thiophene rings is 1. The van der Waals surface area contributed by atoms with Gasteiger partial charge < -0.3 is 15.5 Å². The Labute approximate surface area is 133 Å². The van der Waals surface area contributed by atoms with E-state index in [1.54, 1.807) is 29.9 Å². The molecule has 2 aromatic heterocycles. The number of aromatic nitrogens is 2. The van der Waals surface area contributed by atoms with Gasteiger partial charge in [0.2, 0.25) is 0 Å². The van der Waals surface area contributed by atoms with Crippen LogP contribution >= 0.6 is 11.3 Å². The number of anilines is 1. The first-order valence-electron chi connectivity index (χ1n) is 7.41. The minimum atomic E-state index is 0.00893. The Kier molecular flexibility index (Phi) is 4.85. The van der Waals surface area contributed by atoms with Gasteiger partial charge in [-0.2, -0.15) is 11.3 Å².